The first kappa shape index (κ1) is 17.3. The fraction of sp³-hybridized carbons (Fsp3) is 0.909. The summed E-state index contributed by atoms with van der Waals surface area (Å²) in [6.07, 6.45) is 0.993. The lowest BCUT2D eigenvalue weighted by Gasteiger charge is -2.33. The molecule has 12 heteroatoms. The first-order valence-electron chi connectivity index (χ1n) is 6.77. The van der Waals surface area contributed by atoms with Crippen LogP contribution in [0, 0.1) is 17.8 Å². The van der Waals surface area contributed by atoms with Crippen LogP contribution >= 0.6 is 12.0 Å². The summed E-state index contributed by atoms with van der Waals surface area (Å²) in [7, 11) is -3.66. The molecule has 0 aromatic heterocycles. The lowest BCUT2D eigenvalue weighted by molar-refractivity contribution is -0.433. The number of alkyl halides is 2. The molecular formula is C11H14F2O8S2. The van der Waals surface area contributed by atoms with E-state index in [1.807, 2.05) is 0 Å². The Morgan fingerprint density at radius 1 is 1.48 bits per heavy atom. The summed E-state index contributed by atoms with van der Waals surface area (Å²) in [6, 6.07) is 0. The average molecular weight is 376 g/mol. The van der Waals surface area contributed by atoms with Crippen molar-refractivity contribution in [2.45, 2.75) is 35.9 Å². The van der Waals surface area contributed by atoms with E-state index in [4.69, 9.17) is 9.44 Å². The maximum atomic E-state index is 13.3. The van der Waals surface area contributed by atoms with E-state index in [-0.39, 0.29) is 18.4 Å². The van der Waals surface area contributed by atoms with Gasteiger partial charge in [-0.2, -0.15) is 17.2 Å². The SMILES string of the molecule is CC12OS(=O)(=O)C3CC(CC31)C2COC(=O)C(F)(F)SOOO. The first-order chi connectivity index (χ1) is 10.6. The standard InChI is InChI=1S/C11H14F2O8S2/c1-10-6-2-5(3-8(6)23(16,17)19-10)7(10)4-18-9(14)11(12,13)22-21-20-15/h5-8,15H,2-4H2,1H3. The summed E-state index contributed by atoms with van der Waals surface area (Å²) in [6.45, 7) is 1.23. The molecule has 2 aliphatic carbocycles. The first-order valence-corrected chi connectivity index (χ1v) is 8.98. The van der Waals surface area contributed by atoms with Crippen molar-refractivity contribution in [3.63, 3.8) is 0 Å². The highest BCUT2D eigenvalue weighted by atomic mass is 32.2. The van der Waals surface area contributed by atoms with Gasteiger partial charge in [0.05, 0.1) is 17.5 Å². The second kappa shape index (κ2) is 5.49. The number of esters is 1. The summed E-state index contributed by atoms with van der Waals surface area (Å²) in [5, 5.41) is 6.22. The third-order valence-corrected chi connectivity index (χ3v) is 7.41. The number of carbonyl (C=O) groups is 1. The molecule has 1 aliphatic heterocycles. The van der Waals surface area contributed by atoms with Crippen molar-refractivity contribution in [2.24, 2.45) is 17.8 Å². The van der Waals surface area contributed by atoms with Crippen molar-refractivity contribution < 1.29 is 45.5 Å². The molecule has 3 aliphatic rings. The van der Waals surface area contributed by atoms with Crippen LogP contribution in [0.5, 0.6) is 0 Å². The summed E-state index contributed by atoms with van der Waals surface area (Å²) in [5.41, 5.74) is -1.03. The fourth-order valence-corrected chi connectivity index (χ4v) is 6.49. The van der Waals surface area contributed by atoms with E-state index >= 15 is 0 Å². The Balaban J connectivity index is 1.65. The fourth-order valence-electron chi connectivity index (χ4n) is 4.11. The van der Waals surface area contributed by atoms with Crippen molar-refractivity contribution >= 4 is 28.1 Å². The Hall–Kier alpha value is -0.530. The van der Waals surface area contributed by atoms with Gasteiger partial charge in [-0.15, -0.1) is 4.33 Å². The summed E-state index contributed by atoms with van der Waals surface area (Å²) in [4.78, 5) is 11.4. The van der Waals surface area contributed by atoms with E-state index in [1.165, 1.54) is 0 Å². The van der Waals surface area contributed by atoms with Gasteiger partial charge in [0.25, 0.3) is 10.1 Å². The van der Waals surface area contributed by atoms with E-state index in [1.54, 1.807) is 6.92 Å². The van der Waals surface area contributed by atoms with E-state index < -0.39 is 50.2 Å². The second-order valence-electron chi connectivity index (χ2n) is 6.08. The van der Waals surface area contributed by atoms with Gasteiger partial charge in [-0.05, 0) is 25.7 Å². The lowest BCUT2D eigenvalue weighted by Crippen LogP contribution is -2.43. The van der Waals surface area contributed by atoms with Gasteiger partial charge in [0.1, 0.15) is 12.0 Å². The van der Waals surface area contributed by atoms with Gasteiger partial charge in [0, 0.05) is 11.8 Å². The highest BCUT2D eigenvalue weighted by Crippen LogP contribution is 2.63. The van der Waals surface area contributed by atoms with Crippen LogP contribution in [0.2, 0.25) is 0 Å². The lowest BCUT2D eigenvalue weighted by atomic mass is 9.77. The van der Waals surface area contributed by atoms with Crippen LogP contribution in [0.4, 0.5) is 8.78 Å². The molecule has 132 valence electrons. The maximum absolute atomic E-state index is 13.3. The van der Waals surface area contributed by atoms with E-state index in [2.05, 4.69) is 14.1 Å². The molecule has 3 fully saturated rings. The van der Waals surface area contributed by atoms with Crippen molar-refractivity contribution in [3.8, 4) is 0 Å². The smallest absolute Gasteiger partial charge is 0.415 e. The Morgan fingerprint density at radius 3 is 2.83 bits per heavy atom. The van der Waals surface area contributed by atoms with E-state index in [0.29, 0.717) is 12.8 Å². The molecular weight excluding hydrogens is 362 g/mol. The van der Waals surface area contributed by atoms with Crippen LogP contribution in [-0.4, -0.2) is 42.4 Å². The monoisotopic (exact) mass is 376 g/mol. The molecule has 0 amide bonds. The molecule has 3 rings (SSSR count). The molecule has 2 saturated carbocycles. The summed E-state index contributed by atoms with van der Waals surface area (Å²) < 4.78 is 63.9. The Morgan fingerprint density at radius 2 is 2.17 bits per heavy atom. The highest BCUT2D eigenvalue weighted by Gasteiger charge is 2.70. The zero-order valence-corrected chi connectivity index (χ0v) is 13.4. The molecule has 23 heavy (non-hydrogen) atoms. The maximum Gasteiger partial charge on any atom is 0.415 e. The summed E-state index contributed by atoms with van der Waals surface area (Å²) >= 11 is -0.709. The zero-order chi connectivity index (χ0) is 17.0. The minimum Gasteiger partial charge on any atom is -0.460 e. The van der Waals surface area contributed by atoms with E-state index in [0.717, 1.165) is 0 Å². The number of rotatable bonds is 6. The predicted molar refractivity (Wildman–Crippen MR) is 70.2 cm³/mol. The summed E-state index contributed by atoms with van der Waals surface area (Å²) in [5.74, 6) is -2.61. The van der Waals surface area contributed by atoms with Gasteiger partial charge in [-0.3, -0.25) is 4.18 Å². The molecule has 0 spiro atoms. The van der Waals surface area contributed by atoms with Crippen LogP contribution in [0.15, 0.2) is 0 Å². The zero-order valence-electron chi connectivity index (χ0n) is 11.8. The molecule has 0 radical (unpaired) electrons. The Labute approximate surface area is 134 Å². The minimum atomic E-state index is -4.08. The van der Waals surface area contributed by atoms with Gasteiger partial charge in [-0.1, -0.05) is 5.04 Å². The van der Waals surface area contributed by atoms with Crippen molar-refractivity contribution in [1.82, 2.24) is 0 Å². The minimum absolute atomic E-state index is 0.0571. The molecule has 0 aromatic rings. The van der Waals surface area contributed by atoms with Crippen LogP contribution in [-0.2, 0) is 33.2 Å². The third kappa shape index (κ3) is 2.65. The van der Waals surface area contributed by atoms with Crippen molar-refractivity contribution in [1.29, 1.82) is 0 Å². The van der Waals surface area contributed by atoms with Crippen LogP contribution < -0.4 is 0 Å². The van der Waals surface area contributed by atoms with Crippen molar-refractivity contribution in [2.75, 3.05) is 6.61 Å². The van der Waals surface area contributed by atoms with Gasteiger partial charge < -0.3 is 4.74 Å². The molecule has 1 N–H and O–H groups in total. The topological polar surface area (TPSA) is 108 Å². The molecule has 2 bridgehead atoms. The molecule has 1 saturated heterocycles. The largest absolute Gasteiger partial charge is 0.460 e. The molecule has 0 aromatic carbocycles. The van der Waals surface area contributed by atoms with Crippen LogP contribution in [0.25, 0.3) is 0 Å². The van der Waals surface area contributed by atoms with Crippen LogP contribution in [0.1, 0.15) is 19.8 Å². The van der Waals surface area contributed by atoms with Crippen LogP contribution in [0.3, 0.4) is 0 Å². The van der Waals surface area contributed by atoms with Gasteiger partial charge in [0.2, 0.25) is 0 Å². The van der Waals surface area contributed by atoms with Gasteiger partial charge >= 0.3 is 11.2 Å². The normalized spacial score (nSPS) is 40.5. The molecule has 5 unspecified atom stereocenters. The number of halogens is 2. The third-order valence-electron chi connectivity index (χ3n) is 5.05. The Kier molecular flexibility index (Phi) is 4.13. The number of hydrogen-bond donors (Lipinski definition) is 1. The quantitative estimate of drug-likeness (QED) is 0.241. The van der Waals surface area contributed by atoms with Gasteiger partial charge in [-0.25, -0.2) is 10.1 Å². The second-order valence-corrected chi connectivity index (χ2v) is 8.66. The van der Waals surface area contributed by atoms with E-state index in [9.17, 15) is 22.0 Å². The number of carbonyl (C=O) groups excluding carboxylic acids is 1. The molecule has 1 heterocycles. The number of hydrogen-bond acceptors (Lipinski definition) is 9. The van der Waals surface area contributed by atoms with Gasteiger partial charge in [0.15, 0.2) is 0 Å². The molecule has 5 atom stereocenters. The molecule has 8 nitrogen and oxygen atoms in total. The van der Waals surface area contributed by atoms with Crippen molar-refractivity contribution in [3.05, 3.63) is 0 Å². The number of fused-ring (bicyclic) bond motifs is 1. The average Bonchev–Trinajstić information content (AvgIpc) is 3.02. The highest BCUT2D eigenvalue weighted by molar-refractivity contribution is 7.96. The number of ether oxygens (including phenoxy) is 1. The Bertz CT molecular complexity index is 611. The predicted octanol–water partition coefficient (Wildman–Crippen LogP) is 1.34.